The number of halogens is 3. The van der Waals surface area contributed by atoms with E-state index in [1.807, 2.05) is 0 Å². The lowest BCUT2D eigenvalue weighted by Crippen LogP contribution is -2.34. The summed E-state index contributed by atoms with van der Waals surface area (Å²) in [6.45, 7) is 1.38. The van der Waals surface area contributed by atoms with Crippen LogP contribution in [0.5, 0.6) is 0 Å². The quantitative estimate of drug-likeness (QED) is 0.739. The topological polar surface area (TPSA) is 3.24 Å². The molecule has 0 bridgehead atoms. The van der Waals surface area contributed by atoms with E-state index in [4.69, 9.17) is 0 Å². The largest absolute Gasteiger partial charge is 0.295 e. The van der Waals surface area contributed by atoms with Gasteiger partial charge in [-0.25, -0.2) is 8.78 Å². The van der Waals surface area contributed by atoms with E-state index >= 15 is 0 Å². The van der Waals surface area contributed by atoms with Crippen LogP contribution in [0, 0.1) is 11.6 Å². The summed E-state index contributed by atoms with van der Waals surface area (Å²) in [6, 6.07) is 4.21. The van der Waals surface area contributed by atoms with Crippen LogP contribution in [-0.4, -0.2) is 22.8 Å². The predicted molar refractivity (Wildman–Crippen MR) is 72.8 cm³/mol. The lowest BCUT2D eigenvalue weighted by atomic mass is 10.1. The summed E-state index contributed by atoms with van der Waals surface area (Å²) >= 11 is 3.43. The number of rotatable bonds is 5. The summed E-state index contributed by atoms with van der Waals surface area (Å²) in [5, 5.41) is 0.862. The molecule has 1 fully saturated rings. The Balaban J connectivity index is 2.09. The normalized spacial score (nSPS) is 16.7. The van der Waals surface area contributed by atoms with E-state index in [1.54, 1.807) is 0 Å². The van der Waals surface area contributed by atoms with Crippen LogP contribution in [0.4, 0.5) is 8.78 Å². The molecule has 0 N–H and O–H groups in total. The molecule has 0 saturated heterocycles. The molecule has 0 amide bonds. The third-order valence-electron chi connectivity index (χ3n) is 3.59. The Morgan fingerprint density at radius 3 is 2.61 bits per heavy atom. The fourth-order valence-corrected chi connectivity index (χ4v) is 3.11. The molecule has 1 aromatic carbocycles. The first-order chi connectivity index (χ1) is 8.70. The highest BCUT2D eigenvalue weighted by Crippen LogP contribution is 2.25. The van der Waals surface area contributed by atoms with Gasteiger partial charge in [-0.05, 0) is 31.0 Å². The molecule has 0 spiro atoms. The summed E-state index contributed by atoms with van der Waals surface area (Å²) in [7, 11) is 0. The molecule has 0 aromatic heterocycles. The zero-order valence-corrected chi connectivity index (χ0v) is 11.9. The summed E-state index contributed by atoms with van der Waals surface area (Å²) < 4.78 is 26.8. The molecule has 100 valence electrons. The lowest BCUT2D eigenvalue weighted by molar-refractivity contribution is 0.200. The first-order valence-corrected chi connectivity index (χ1v) is 7.57. The van der Waals surface area contributed by atoms with E-state index in [0.717, 1.165) is 11.9 Å². The fourth-order valence-electron chi connectivity index (χ4n) is 2.65. The molecule has 0 aliphatic heterocycles. The van der Waals surface area contributed by atoms with Crippen LogP contribution in [0.3, 0.4) is 0 Å². The zero-order chi connectivity index (χ0) is 13.0. The molecule has 1 aliphatic carbocycles. The predicted octanol–water partition coefficient (Wildman–Crippen LogP) is 4.10. The monoisotopic (exact) mass is 317 g/mol. The highest BCUT2D eigenvalue weighted by Gasteiger charge is 2.23. The van der Waals surface area contributed by atoms with E-state index in [0.29, 0.717) is 18.2 Å². The molecule has 1 saturated carbocycles. The molecular formula is C14H18BrF2N. The van der Waals surface area contributed by atoms with Crippen molar-refractivity contribution in [2.45, 2.75) is 38.3 Å². The maximum atomic E-state index is 13.7. The van der Waals surface area contributed by atoms with E-state index in [1.165, 1.54) is 43.9 Å². The molecule has 0 atom stereocenters. The van der Waals surface area contributed by atoms with E-state index in [2.05, 4.69) is 20.8 Å². The SMILES string of the molecule is Fc1ccc(F)c(CN(CCBr)C2CCCC2)c1. The van der Waals surface area contributed by atoms with E-state index in [-0.39, 0.29) is 11.6 Å². The zero-order valence-electron chi connectivity index (χ0n) is 10.3. The minimum Gasteiger partial charge on any atom is -0.295 e. The van der Waals surface area contributed by atoms with Crippen molar-refractivity contribution in [2.24, 2.45) is 0 Å². The van der Waals surface area contributed by atoms with Crippen molar-refractivity contribution < 1.29 is 8.78 Å². The minimum atomic E-state index is -0.364. The van der Waals surface area contributed by atoms with Crippen molar-refractivity contribution in [1.29, 1.82) is 0 Å². The van der Waals surface area contributed by atoms with Gasteiger partial charge in [0.25, 0.3) is 0 Å². The highest BCUT2D eigenvalue weighted by atomic mass is 79.9. The second kappa shape index (κ2) is 6.62. The van der Waals surface area contributed by atoms with Crippen LogP contribution >= 0.6 is 15.9 Å². The van der Waals surface area contributed by atoms with Gasteiger partial charge in [-0.3, -0.25) is 4.90 Å². The second-order valence-corrected chi connectivity index (χ2v) is 5.63. The molecular weight excluding hydrogens is 300 g/mol. The summed E-state index contributed by atoms with van der Waals surface area (Å²) in [5.74, 6) is -0.675. The Morgan fingerprint density at radius 1 is 1.22 bits per heavy atom. The maximum Gasteiger partial charge on any atom is 0.127 e. The Labute approximate surface area is 115 Å². The van der Waals surface area contributed by atoms with Gasteiger partial charge in [-0.2, -0.15) is 0 Å². The Kier molecular flexibility index (Phi) is 5.13. The van der Waals surface area contributed by atoms with E-state index in [9.17, 15) is 8.78 Å². The average molecular weight is 318 g/mol. The molecule has 4 heteroatoms. The van der Waals surface area contributed by atoms with Crippen LogP contribution in [0.1, 0.15) is 31.2 Å². The summed E-state index contributed by atoms with van der Waals surface area (Å²) in [5.41, 5.74) is 0.461. The van der Waals surface area contributed by atoms with Crippen LogP contribution in [0.15, 0.2) is 18.2 Å². The summed E-state index contributed by atoms with van der Waals surface area (Å²) in [6.07, 6.45) is 4.83. The van der Waals surface area contributed by atoms with Crippen LogP contribution in [0.25, 0.3) is 0 Å². The third-order valence-corrected chi connectivity index (χ3v) is 3.95. The Morgan fingerprint density at radius 2 is 1.94 bits per heavy atom. The number of nitrogens with zero attached hydrogens (tertiary/aromatic N) is 1. The number of benzene rings is 1. The number of hydrogen-bond acceptors (Lipinski definition) is 1. The molecule has 1 nitrogen and oxygen atoms in total. The van der Waals surface area contributed by atoms with Crippen molar-refractivity contribution in [3.8, 4) is 0 Å². The van der Waals surface area contributed by atoms with Gasteiger partial charge in [0.05, 0.1) is 0 Å². The molecule has 0 heterocycles. The van der Waals surface area contributed by atoms with Crippen molar-refractivity contribution in [1.82, 2.24) is 4.90 Å². The van der Waals surface area contributed by atoms with Crippen molar-refractivity contribution >= 4 is 15.9 Å². The Hall–Kier alpha value is -0.480. The first-order valence-electron chi connectivity index (χ1n) is 6.44. The smallest absolute Gasteiger partial charge is 0.127 e. The molecule has 0 unspecified atom stereocenters. The standard InChI is InChI=1S/C14H18BrF2N/c15-7-8-18(13-3-1-2-4-13)10-11-9-12(16)5-6-14(11)17/h5-6,9,13H,1-4,7-8,10H2. The van der Waals surface area contributed by atoms with Crippen molar-refractivity contribution in [3.63, 3.8) is 0 Å². The third kappa shape index (κ3) is 3.51. The number of hydrogen-bond donors (Lipinski definition) is 0. The van der Waals surface area contributed by atoms with Crippen molar-refractivity contribution in [3.05, 3.63) is 35.4 Å². The lowest BCUT2D eigenvalue weighted by Gasteiger charge is -2.28. The molecule has 0 radical (unpaired) electrons. The molecule has 2 rings (SSSR count). The van der Waals surface area contributed by atoms with Crippen LogP contribution in [-0.2, 0) is 6.54 Å². The average Bonchev–Trinajstić information content (AvgIpc) is 2.87. The highest BCUT2D eigenvalue weighted by molar-refractivity contribution is 9.09. The van der Waals surface area contributed by atoms with Gasteiger partial charge in [0.2, 0.25) is 0 Å². The number of alkyl halides is 1. The van der Waals surface area contributed by atoms with Gasteiger partial charge in [0, 0.05) is 30.0 Å². The van der Waals surface area contributed by atoms with E-state index < -0.39 is 0 Å². The van der Waals surface area contributed by atoms with Crippen molar-refractivity contribution in [2.75, 3.05) is 11.9 Å². The van der Waals surface area contributed by atoms with Gasteiger partial charge >= 0.3 is 0 Å². The first kappa shape index (κ1) is 13.9. The summed E-state index contributed by atoms with van der Waals surface area (Å²) in [4.78, 5) is 2.26. The molecule has 1 aliphatic rings. The van der Waals surface area contributed by atoms with Gasteiger partial charge < -0.3 is 0 Å². The maximum absolute atomic E-state index is 13.7. The van der Waals surface area contributed by atoms with Gasteiger partial charge in [0.15, 0.2) is 0 Å². The Bertz CT molecular complexity index is 391. The van der Waals surface area contributed by atoms with Gasteiger partial charge in [0.1, 0.15) is 11.6 Å². The van der Waals surface area contributed by atoms with Gasteiger partial charge in [-0.1, -0.05) is 28.8 Å². The molecule has 18 heavy (non-hydrogen) atoms. The second-order valence-electron chi connectivity index (χ2n) is 4.83. The van der Waals surface area contributed by atoms with Gasteiger partial charge in [-0.15, -0.1) is 0 Å². The van der Waals surface area contributed by atoms with Crippen LogP contribution in [0.2, 0.25) is 0 Å². The minimum absolute atomic E-state index is 0.311. The fraction of sp³-hybridized carbons (Fsp3) is 0.571. The van der Waals surface area contributed by atoms with Crippen LogP contribution < -0.4 is 0 Å². The molecule has 1 aromatic rings.